The zero-order chi connectivity index (χ0) is 15.9. The van der Waals surface area contributed by atoms with Crippen LogP contribution in [0.5, 0.6) is 0 Å². The second-order valence-corrected chi connectivity index (χ2v) is 7.73. The molecule has 0 saturated carbocycles. The maximum Gasteiger partial charge on any atom is 0.215 e. The van der Waals surface area contributed by atoms with Crippen LogP contribution < -0.4 is 10.0 Å². The molecule has 0 bridgehead atoms. The van der Waals surface area contributed by atoms with Crippen LogP contribution in [-0.2, 0) is 22.3 Å². The van der Waals surface area contributed by atoms with E-state index in [4.69, 9.17) is 0 Å². The SMILES string of the molecule is CCNCc1ccc(CS(=O)(=O)NCC(C)C(C)C)cc1. The molecule has 0 aliphatic carbocycles. The number of rotatable bonds is 9. The topological polar surface area (TPSA) is 58.2 Å². The molecule has 1 aromatic rings. The normalized spacial score (nSPS) is 13.6. The molecule has 0 heterocycles. The zero-order valence-electron chi connectivity index (χ0n) is 13.5. The minimum Gasteiger partial charge on any atom is -0.313 e. The van der Waals surface area contributed by atoms with E-state index >= 15 is 0 Å². The molecular weight excluding hydrogens is 284 g/mol. The van der Waals surface area contributed by atoms with Crippen LogP contribution >= 0.6 is 0 Å². The summed E-state index contributed by atoms with van der Waals surface area (Å²) in [5, 5.41) is 3.24. The Bertz CT molecular complexity index is 510. The van der Waals surface area contributed by atoms with Crippen LogP contribution in [-0.4, -0.2) is 21.5 Å². The summed E-state index contributed by atoms with van der Waals surface area (Å²) in [6.07, 6.45) is 0. The van der Waals surface area contributed by atoms with Crippen molar-refractivity contribution in [3.63, 3.8) is 0 Å². The lowest BCUT2D eigenvalue weighted by molar-refractivity contribution is 0.414. The fraction of sp³-hybridized carbons (Fsp3) is 0.625. The van der Waals surface area contributed by atoms with Crippen molar-refractivity contribution < 1.29 is 8.42 Å². The molecule has 4 nitrogen and oxygen atoms in total. The third kappa shape index (κ3) is 7.07. The Kier molecular flexibility index (Phi) is 7.35. The van der Waals surface area contributed by atoms with E-state index in [9.17, 15) is 8.42 Å². The summed E-state index contributed by atoms with van der Waals surface area (Å²) in [7, 11) is -3.26. The lowest BCUT2D eigenvalue weighted by atomic mass is 9.99. The second kappa shape index (κ2) is 8.51. The summed E-state index contributed by atoms with van der Waals surface area (Å²) >= 11 is 0. The van der Waals surface area contributed by atoms with Crippen molar-refractivity contribution in [3.8, 4) is 0 Å². The van der Waals surface area contributed by atoms with E-state index in [2.05, 4.69) is 37.7 Å². The van der Waals surface area contributed by atoms with Gasteiger partial charge in [-0.05, 0) is 29.5 Å². The molecule has 1 rings (SSSR count). The lowest BCUT2D eigenvalue weighted by Crippen LogP contribution is -2.31. The van der Waals surface area contributed by atoms with Gasteiger partial charge in [0.05, 0.1) is 5.75 Å². The van der Waals surface area contributed by atoms with Crippen LogP contribution in [0.15, 0.2) is 24.3 Å². The maximum absolute atomic E-state index is 12.1. The van der Waals surface area contributed by atoms with Gasteiger partial charge in [-0.25, -0.2) is 13.1 Å². The first kappa shape index (κ1) is 18.1. The van der Waals surface area contributed by atoms with Crippen molar-refractivity contribution in [2.75, 3.05) is 13.1 Å². The summed E-state index contributed by atoms with van der Waals surface area (Å²) in [5.74, 6) is 0.847. The predicted molar refractivity (Wildman–Crippen MR) is 88.5 cm³/mol. The minimum absolute atomic E-state index is 0.0410. The van der Waals surface area contributed by atoms with Gasteiger partial charge in [0, 0.05) is 13.1 Å². The van der Waals surface area contributed by atoms with Gasteiger partial charge in [-0.2, -0.15) is 0 Å². The highest BCUT2D eigenvalue weighted by atomic mass is 32.2. The van der Waals surface area contributed by atoms with E-state index in [0.29, 0.717) is 18.4 Å². The first-order valence-corrected chi connectivity index (χ1v) is 9.25. The van der Waals surface area contributed by atoms with Gasteiger partial charge in [0.15, 0.2) is 0 Å². The summed E-state index contributed by atoms with van der Waals surface area (Å²) in [4.78, 5) is 0. The van der Waals surface area contributed by atoms with Crippen molar-refractivity contribution in [1.82, 2.24) is 10.0 Å². The van der Waals surface area contributed by atoms with Crippen LogP contribution in [0.3, 0.4) is 0 Å². The number of sulfonamides is 1. The largest absolute Gasteiger partial charge is 0.313 e. The molecule has 1 aromatic carbocycles. The van der Waals surface area contributed by atoms with Crippen molar-refractivity contribution in [1.29, 1.82) is 0 Å². The smallest absolute Gasteiger partial charge is 0.215 e. The van der Waals surface area contributed by atoms with Crippen molar-refractivity contribution in [2.45, 2.75) is 40.0 Å². The Morgan fingerprint density at radius 2 is 1.62 bits per heavy atom. The molecule has 2 N–H and O–H groups in total. The van der Waals surface area contributed by atoms with Crippen LogP contribution in [0.25, 0.3) is 0 Å². The quantitative estimate of drug-likeness (QED) is 0.736. The Balaban J connectivity index is 2.54. The highest BCUT2D eigenvalue weighted by Gasteiger charge is 2.14. The molecular formula is C16H28N2O2S. The monoisotopic (exact) mass is 312 g/mol. The van der Waals surface area contributed by atoms with Crippen molar-refractivity contribution in [3.05, 3.63) is 35.4 Å². The molecule has 0 aromatic heterocycles. The molecule has 0 amide bonds. The number of hydrogen-bond donors (Lipinski definition) is 2. The van der Waals surface area contributed by atoms with Gasteiger partial charge in [-0.3, -0.25) is 0 Å². The fourth-order valence-corrected chi connectivity index (χ4v) is 3.04. The van der Waals surface area contributed by atoms with E-state index in [1.54, 1.807) is 0 Å². The second-order valence-electron chi connectivity index (χ2n) is 5.93. The molecule has 1 unspecified atom stereocenters. The Morgan fingerprint density at radius 1 is 1.05 bits per heavy atom. The molecule has 0 spiro atoms. The summed E-state index contributed by atoms with van der Waals surface area (Å²) in [5.41, 5.74) is 1.99. The van der Waals surface area contributed by atoms with Crippen LogP contribution in [0.2, 0.25) is 0 Å². The molecule has 0 aliphatic rings. The van der Waals surface area contributed by atoms with Crippen LogP contribution in [0.4, 0.5) is 0 Å². The van der Waals surface area contributed by atoms with Gasteiger partial charge in [0.2, 0.25) is 10.0 Å². The summed E-state index contributed by atoms with van der Waals surface area (Å²) < 4.78 is 26.8. The molecule has 0 fully saturated rings. The Labute approximate surface area is 129 Å². The third-order valence-electron chi connectivity index (χ3n) is 3.72. The molecule has 5 heteroatoms. The van der Waals surface area contributed by atoms with E-state index in [-0.39, 0.29) is 5.75 Å². The van der Waals surface area contributed by atoms with E-state index < -0.39 is 10.0 Å². The Hall–Kier alpha value is -0.910. The van der Waals surface area contributed by atoms with Gasteiger partial charge in [0.25, 0.3) is 0 Å². The van der Waals surface area contributed by atoms with E-state index in [0.717, 1.165) is 18.7 Å². The number of nitrogens with one attached hydrogen (secondary N) is 2. The zero-order valence-corrected chi connectivity index (χ0v) is 14.3. The van der Waals surface area contributed by atoms with Gasteiger partial charge in [0.1, 0.15) is 0 Å². The van der Waals surface area contributed by atoms with Crippen LogP contribution in [0.1, 0.15) is 38.8 Å². The van der Waals surface area contributed by atoms with Crippen LogP contribution in [0, 0.1) is 11.8 Å². The highest BCUT2D eigenvalue weighted by molar-refractivity contribution is 7.88. The summed E-state index contributed by atoms with van der Waals surface area (Å²) in [6.45, 7) is 10.6. The molecule has 0 aliphatic heterocycles. The molecule has 21 heavy (non-hydrogen) atoms. The average Bonchev–Trinajstić information content (AvgIpc) is 2.43. The maximum atomic E-state index is 12.1. The van der Waals surface area contributed by atoms with Gasteiger partial charge >= 0.3 is 0 Å². The van der Waals surface area contributed by atoms with Gasteiger partial charge in [-0.1, -0.05) is 52.0 Å². The average molecular weight is 312 g/mol. The van der Waals surface area contributed by atoms with Gasteiger partial charge in [-0.15, -0.1) is 0 Å². The molecule has 0 saturated heterocycles. The minimum atomic E-state index is -3.26. The number of hydrogen-bond acceptors (Lipinski definition) is 3. The highest BCUT2D eigenvalue weighted by Crippen LogP contribution is 2.11. The first-order valence-electron chi connectivity index (χ1n) is 7.60. The standard InChI is InChI=1S/C16H28N2O2S/c1-5-17-11-15-6-8-16(9-7-15)12-21(19,20)18-10-14(4)13(2)3/h6-9,13-14,17-18H,5,10-12H2,1-4H3. The fourth-order valence-electron chi connectivity index (χ4n) is 1.79. The first-order chi connectivity index (χ1) is 9.84. The molecule has 1 atom stereocenters. The van der Waals surface area contributed by atoms with Crippen molar-refractivity contribution >= 4 is 10.0 Å². The number of benzene rings is 1. The van der Waals surface area contributed by atoms with Crippen molar-refractivity contribution in [2.24, 2.45) is 11.8 Å². The Morgan fingerprint density at radius 3 is 2.14 bits per heavy atom. The predicted octanol–water partition coefficient (Wildman–Crippen LogP) is 2.51. The van der Waals surface area contributed by atoms with Gasteiger partial charge < -0.3 is 5.32 Å². The molecule has 0 radical (unpaired) electrons. The molecule has 120 valence electrons. The van der Waals surface area contributed by atoms with E-state index in [1.807, 2.05) is 24.3 Å². The third-order valence-corrected chi connectivity index (χ3v) is 5.04. The summed E-state index contributed by atoms with van der Waals surface area (Å²) in [6, 6.07) is 7.73. The van der Waals surface area contributed by atoms with E-state index in [1.165, 1.54) is 5.56 Å². The lowest BCUT2D eigenvalue weighted by Gasteiger charge is -2.16.